The number of aryl methyl sites for hydroxylation is 2. The zero-order chi connectivity index (χ0) is 15.4. The summed E-state index contributed by atoms with van der Waals surface area (Å²) in [5, 5.41) is 22.2. The van der Waals surface area contributed by atoms with Gasteiger partial charge in [0.15, 0.2) is 0 Å². The van der Waals surface area contributed by atoms with E-state index in [4.69, 9.17) is 4.98 Å². The zero-order valence-corrected chi connectivity index (χ0v) is 12.5. The van der Waals surface area contributed by atoms with Gasteiger partial charge in [-0.25, -0.2) is 4.98 Å². The third-order valence-electron chi connectivity index (χ3n) is 4.55. The maximum Gasteiger partial charge on any atom is 0.109 e. The maximum absolute atomic E-state index is 10.2. The molecule has 0 aliphatic heterocycles. The number of pyridine rings is 1. The van der Waals surface area contributed by atoms with Gasteiger partial charge in [0, 0.05) is 16.3 Å². The van der Waals surface area contributed by atoms with Crippen LogP contribution in [0.1, 0.15) is 28.4 Å². The van der Waals surface area contributed by atoms with Crippen molar-refractivity contribution in [3.8, 4) is 0 Å². The van der Waals surface area contributed by atoms with E-state index in [1.165, 1.54) is 11.1 Å². The predicted octanol–water partition coefficient (Wildman–Crippen LogP) is 3.43. The minimum atomic E-state index is -0.889. The lowest BCUT2D eigenvalue weighted by Gasteiger charge is -2.23. The molecule has 0 radical (unpaired) electrons. The van der Waals surface area contributed by atoms with Crippen molar-refractivity contribution in [3.63, 3.8) is 0 Å². The molecule has 1 heterocycles. The van der Waals surface area contributed by atoms with Crippen LogP contribution in [-0.4, -0.2) is 21.3 Å². The number of fused-ring (bicyclic) bond motifs is 4. The van der Waals surface area contributed by atoms with Gasteiger partial charge in [0.05, 0.1) is 11.0 Å². The Morgan fingerprint density at radius 3 is 2.59 bits per heavy atom. The van der Waals surface area contributed by atoms with Crippen LogP contribution in [0, 0.1) is 13.8 Å². The van der Waals surface area contributed by atoms with Gasteiger partial charge in [-0.2, -0.15) is 0 Å². The van der Waals surface area contributed by atoms with Gasteiger partial charge in [-0.15, -0.1) is 0 Å². The molecule has 2 aromatic carbocycles. The number of aliphatic hydroxyl groups excluding tert-OH is 2. The Balaban J connectivity index is 2.14. The first-order valence-corrected chi connectivity index (χ1v) is 7.44. The van der Waals surface area contributed by atoms with E-state index >= 15 is 0 Å². The smallest absolute Gasteiger partial charge is 0.109 e. The molecule has 3 nitrogen and oxygen atoms in total. The fourth-order valence-electron chi connectivity index (χ4n) is 3.28. The minimum absolute atomic E-state index is 0.737. The van der Waals surface area contributed by atoms with Gasteiger partial charge >= 0.3 is 0 Å². The van der Waals surface area contributed by atoms with Crippen LogP contribution < -0.4 is 0 Å². The molecule has 22 heavy (non-hydrogen) atoms. The summed E-state index contributed by atoms with van der Waals surface area (Å²) < 4.78 is 0. The van der Waals surface area contributed by atoms with Crippen molar-refractivity contribution >= 4 is 27.9 Å². The Morgan fingerprint density at radius 1 is 1.00 bits per heavy atom. The molecule has 0 unspecified atom stereocenters. The Labute approximate surface area is 128 Å². The van der Waals surface area contributed by atoms with Crippen LogP contribution in [0.25, 0.3) is 27.9 Å². The lowest BCUT2D eigenvalue weighted by Crippen LogP contribution is -2.19. The molecule has 1 aromatic heterocycles. The van der Waals surface area contributed by atoms with Gasteiger partial charge in [0.25, 0.3) is 0 Å². The van der Waals surface area contributed by atoms with Crippen molar-refractivity contribution in [1.82, 2.24) is 4.98 Å². The van der Waals surface area contributed by atoms with E-state index in [2.05, 4.69) is 32.0 Å². The van der Waals surface area contributed by atoms with Crippen LogP contribution in [0.15, 0.2) is 36.4 Å². The van der Waals surface area contributed by atoms with Crippen molar-refractivity contribution in [1.29, 1.82) is 0 Å². The molecule has 0 bridgehead atoms. The highest BCUT2D eigenvalue weighted by atomic mass is 16.3. The zero-order valence-electron chi connectivity index (χ0n) is 12.5. The molecule has 0 amide bonds. The van der Waals surface area contributed by atoms with E-state index in [0.717, 1.165) is 32.9 Å². The average molecular weight is 291 g/mol. The minimum Gasteiger partial charge on any atom is -0.386 e. The topological polar surface area (TPSA) is 53.4 Å². The van der Waals surface area contributed by atoms with E-state index in [9.17, 15) is 10.2 Å². The number of nitrogens with zero attached hydrogens (tertiary/aromatic N) is 1. The van der Waals surface area contributed by atoms with Gasteiger partial charge in [-0.05, 0) is 36.6 Å². The van der Waals surface area contributed by atoms with Gasteiger partial charge < -0.3 is 10.2 Å². The van der Waals surface area contributed by atoms with Crippen molar-refractivity contribution < 1.29 is 10.2 Å². The van der Waals surface area contributed by atoms with E-state index in [0.29, 0.717) is 0 Å². The second-order valence-corrected chi connectivity index (χ2v) is 6.02. The van der Waals surface area contributed by atoms with E-state index in [1.54, 1.807) is 6.08 Å². The van der Waals surface area contributed by atoms with Crippen LogP contribution in [-0.2, 0) is 0 Å². The third kappa shape index (κ3) is 1.79. The summed E-state index contributed by atoms with van der Waals surface area (Å²) in [4.78, 5) is 4.83. The fraction of sp³-hybridized carbons (Fsp3) is 0.211. The van der Waals surface area contributed by atoms with E-state index < -0.39 is 12.2 Å². The van der Waals surface area contributed by atoms with Crippen molar-refractivity contribution in [3.05, 3.63) is 58.7 Å². The summed E-state index contributed by atoms with van der Waals surface area (Å²) in [6.07, 6.45) is 1.75. The lowest BCUT2D eigenvalue weighted by molar-refractivity contribution is 0.0471. The van der Waals surface area contributed by atoms with Crippen LogP contribution in [0.5, 0.6) is 0 Å². The summed E-state index contributed by atoms with van der Waals surface area (Å²) in [6.45, 7) is 4.16. The quantitative estimate of drug-likeness (QED) is 0.624. The van der Waals surface area contributed by atoms with Crippen LogP contribution in [0.3, 0.4) is 0 Å². The maximum atomic E-state index is 10.2. The van der Waals surface area contributed by atoms with Crippen molar-refractivity contribution in [2.75, 3.05) is 0 Å². The number of hydrogen-bond donors (Lipinski definition) is 2. The summed E-state index contributed by atoms with van der Waals surface area (Å²) in [6, 6.07) is 10.2. The fourth-order valence-corrected chi connectivity index (χ4v) is 3.28. The van der Waals surface area contributed by atoms with Crippen molar-refractivity contribution in [2.24, 2.45) is 0 Å². The Bertz CT molecular complexity index is 943. The number of benzene rings is 2. The molecule has 3 heteroatoms. The molecular weight excluding hydrogens is 274 g/mol. The monoisotopic (exact) mass is 291 g/mol. The van der Waals surface area contributed by atoms with Crippen LogP contribution in [0.2, 0.25) is 0 Å². The number of aliphatic hydroxyl groups is 2. The molecule has 2 N–H and O–H groups in total. The first-order valence-electron chi connectivity index (χ1n) is 7.44. The summed E-state index contributed by atoms with van der Waals surface area (Å²) in [5.41, 5.74) is 5.86. The summed E-state index contributed by atoms with van der Waals surface area (Å²) >= 11 is 0. The second kappa shape index (κ2) is 4.63. The molecule has 0 spiro atoms. The van der Waals surface area contributed by atoms with Crippen LogP contribution in [0.4, 0.5) is 0 Å². The van der Waals surface area contributed by atoms with Gasteiger partial charge in [0.2, 0.25) is 0 Å². The molecule has 2 atom stereocenters. The largest absolute Gasteiger partial charge is 0.386 e. The molecule has 0 saturated heterocycles. The van der Waals surface area contributed by atoms with Crippen molar-refractivity contribution in [2.45, 2.75) is 26.1 Å². The summed E-state index contributed by atoms with van der Waals surface area (Å²) in [5.74, 6) is 0. The molecule has 110 valence electrons. The molecule has 0 saturated carbocycles. The molecular formula is C19H17NO2. The standard InChI is InChI=1S/C19H17NO2/c1-10-3-4-12-11(2)13-5-6-15-14(7-8-17(21)19(15)22)18(13)20-16(12)9-10/h3-9,17,19,21-22H,1-2H3/t17-,19-/m0/s1. The van der Waals surface area contributed by atoms with Gasteiger partial charge in [0.1, 0.15) is 12.2 Å². The number of aromatic nitrogens is 1. The van der Waals surface area contributed by atoms with Crippen LogP contribution >= 0.6 is 0 Å². The highest BCUT2D eigenvalue weighted by Crippen LogP contribution is 2.35. The van der Waals surface area contributed by atoms with E-state index in [1.807, 2.05) is 18.2 Å². The lowest BCUT2D eigenvalue weighted by atomic mass is 9.89. The number of hydrogen-bond acceptors (Lipinski definition) is 3. The first kappa shape index (κ1) is 13.4. The van der Waals surface area contributed by atoms with Gasteiger partial charge in [-0.3, -0.25) is 0 Å². The second-order valence-electron chi connectivity index (χ2n) is 6.02. The third-order valence-corrected chi connectivity index (χ3v) is 4.55. The normalized spacial score (nSPS) is 20.5. The Hall–Kier alpha value is -2.23. The molecule has 4 rings (SSSR count). The Kier molecular flexibility index (Phi) is 2.83. The SMILES string of the molecule is Cc1ccc2c(C)c3ccc4c(c3nc2c1)C=C[C@H](O)[C@H]4O. The highest BCUT2D eigenvalue weighted by molar-refractivity contribution is 6.01. The average Bonchev–Trinajstić information content (AvgIpc) is 2.50. The Morgan fingerprint density at radius 2 is 1.77 bits per heavy atom. The highest BCUT2D eigenvalue weighted by Gasteiger charge is 2.24. The van der Waals surface area contributed by atoms with E-state index in [-0.39, 0.29) is 0 Å². The molecule has 1 aliphatic carbocycles. The predicted molar refractivity (Wildman–Crippen MR) is 88.7 cm³/mol. The molecule has 3 aromatic rings. The van der Waals surface area contributed by atoms with Gasteiger partial charge in [-0.1, -0.05) is 36.4 Å². The first-order chi connectivity index (χ1) is 10.6. The summed E-state index contributed by atoms with van der Waals surface area (Å²) in [7, 11) is 0. The molecule has 1 aliphatic rings. The number of rotatable bonds is 0. The molecule has 0 fully saturated rings.